The zero-order valence-corrected chi connectivity index (χ0v) is 21.6. The molecule has 5 rings (SSSR count). The molecular formula is C29H29ClN4O4. The molecule has 1 fully saturated rings. The van der Waals surface area contributed by atoms with Gasteiger partial charge in [-0.1, -0.05) is 41.9 Å². The molecule has 0 bridgehead atoms. The van der Waals surface area contributed by atoms with Gasteiger partial charge in [-0.05, 0) is 59.2 Å². The molecule has 196 valence electrons. The summed E-state index contributed by atoms with van der Waals surface area (Å²) in [7, 11) is 0. The number of anilines is 1. The highest BCUT2D eigenvalue weighted by Crippen LogP contribution is 2.31. The van der Waals surface area contributed by atoms with E-state index in [0.717, 1.165) is 29.8 Å². The summed E-state index contributed by atoms with van der Waals surface area (Å²) in [6.07, 6.45) is 1.67. The molecule has 0 amide bonds. The van der Waals surface area contributed by atoms with Gasteiger partial charge < -0.3 is 19.8 Å². The van der Waals surface area contributed by atoms with Crippen molar-refractivity contribution in [3.8, 4) is 28.3 Å². The summed E-state index contributed by atoms with van der Waals surface area (Å²) in [5.74, 6) is 0.721. The Bertz CT molecular complexity index is 1430. The number of aromatic nitrogens is 2. The van der Waals surface area contributed by atoms with E-state index >= 15 is 0 Å². The molecule has 0 atom stereocenters. The molecule has 8 nitrogen and oxygen atoms in total. The topological polar surface area (TPSA) is 91.1 Å². The molecular weight excluding hydrogens is 504 g/mol. The number of β-amino-alcohol motifs (C(OH)–C–C–N with tert-alkyl or cyclic N) is 1. The van der Waals surface area contributed by atoms with Crippen molar-refractivity contribution in [3.63, 3.8) is 0 Å². The first-order valence-electron chi connectivity index (χ1n) is 12.5. The van der Waals surface area contributed by atoms with E-state index in [0.29, 0.717) is 41.8 Å². The molecule has 0 radical (unpaired) electrons. The van der Waals surface area contributed by atoms with Crippen LogP contribution in [0.5, 0.6) is 11.5 Å². The van der Waals surface area contributed by atoms with E-state index in [-0.39, 0.29) is 24.5 Å². The molecule has 0 unspecified atom stereocenters. The van der Waals surface area contributed by atoms with Crippen molar-refractivity contribution in [1.82, 2.24) is 14.7 Å². The first kappa shape index (κ1) is 25.9. The quantitative estimate of drug-likeness (QED) is 0.355. The van der Waals surface area contributed by atoms with Gasteiger partial charge in [0.25, 0.3) is 0 Å². The molecule has 0 aliphatic carbocycles. The summed E-state index contributed by atoms with van der Waals surface area (Å²) in [6.45, 7) is 3.62. The van der Waals surface area contributed by atoms with Crippen molar-refractivity contribution in [2.75, 3.05) is 44.2 Å². The Hall–Kier alpha value is -3.69. The van der Waals surface area contributed by atoms with E-state index in [1.165, 1.54) is 4.68 Å². The number of benzene rings is 3. The van der Waals surface area contributed by atoms with Crippen molar-refractivity contribution in [3.05, 3.63) is 99.9 Å². The summed E-state index contributed by atoms with van der Waals surface area (Å²) in [5, 5.41) is 23.7. The van der Waals surface area contributed by atoms with Gasteiger partial charge in [0.2, 0.25) is 5.75 Å². The van der Waals surface area contributed by atoms with Crippen LogP contribution in [0.1, 0.15) is 5.56 Å². The van der Waals surface area contributed by atoms with Crippen LogP contribution in [-0.4, -0.2) is 64.2 Å². The summed E-state index contributed by atoms with van der Waals surface area (Å²) < 4.78 is 7.57. The first-order chi connectivity index (χ1) is 18.6. The maximum absolute atomic E-state index is 13.7. The second kappa shape index (κ2) is 11.8. The van der Waals surface area contributed by atoms with Gasteiger partial charge in [-0.15, -0.1) is 0 Å². The van der Waals surface area contributed by atoms with Crippen LogP contribution in [0.4, 0.5) is 5.69 Å². The normalized spacial score (nSPS) is 14.0. The number of rotatable bonds is 8. The lowest BCUT2D eigenvalue weighted by molar-refractivity contribution is 0.188. The SMILES string of the molecule is O=c1c(Oc2ccc(-c3cccc(CO)c3)cc2)c(N2CCN(CCO)CC2)cnn1-c1ccc(Cl)cc1. The molecule has 4 aromatic rings. The van der Waals surface area contributed by atoms with E-state index in [4.69, 9.17) is 16.3 Å². The molecule has 2 heterocycles. The highest BCUT2D eigenvalue weighted by atomic mass is 35.5. The second-order valence-corrected chi connectivity index (χ2v) is 9.53. The van der Waals surface area contributed by atoms with Crippen molar-refractivity contribution >= 4 is 17.3 Å². The van der Waals surface area contributed by atoms with Gasteiger partial charge in [-0.25, -0.2) is 0 Å². The molecule has 1 aliphatic rings. The number of aliphatic hydroxyl groups is 2. The smallest absolute Gasteiger partial charge is 0.316 e. The standard InChI is InChI=1S/C29H29ClN4O4/c30-24-6-8-25(9-7-24)34-29(37)28(27(19-31-34)33-14-12-32(13-15-33)16-17-35)38-26-10-4-22(5-11-26)23-3-1-2-21(18-23)20-36/h1-11,18-19,35-36H,12-17,20H2. The van der Waals surface area contributed by atoms with Crippen molar-refractivity contribution in [1.29, 1.82) is 0 Å². The predicted octanol–water partition coefficient (Wildman–Crippen LogP) is 3.95. The molecule has 3 aromatic carbocycles. The number of ether oxygens (including phenoxy) is 1. The van der Waals surface area contributed by atoms with E-state index in [2.05, 4.69) is 14.9 Å². The number of hydrogen-bond acceptors (Lipinski definition) is 7. The van der Waals surface area contributed by atoms with Gasteiger partial charge in [0.1, 0.15) is 11.4 Å². The Morgan fingerprint density at radius 1 is 0.895 bits per heavy atom. The van der Waals surface area contributed by atoms with Gasteiger partial charge in [-0.2, -0.15) is 9.78 Å². The number of piperazine rings is 1. The lowest BCUT2D eigenvalue weighted by Gasteiger charge is -2.36. The minimum absolute atomic E-state index is 0.0198. The van der Waals surface area contributed by atoms with E-state index < -0.39 is 0 Å². The van der Waals surface area contributed by atoms with E-state index in [1.54, 1.807) is 30.5 Å². The average molecular weight is 533 g/mol. The Morgan fingerprint density at radius 2 is 1.63 bits per heavy atom. The zero-order valence-electron chi connectivity index (χ0n) is 20.8. The highest BCUT2D eigenvalue weighted by molar-refractivity contribution is 6.30. The third-order valence-corrected chi connectivity index (χ3v) is 6.88. The lowest BCUT2D eigenvalue weighted by atomic mass is 10.0. The molecule has 0 spiro atoms. The van der Waals surface area contributed by atoms with Gasteiger partial charge >= 0.3 is 5.56 Å². The first-order valence-corrected chi connectivity index (χ1v) is 12.9. The maximum atomic E-state index is 13.7. The number of hydrogen-bond donors (Lipinski definition) is 2. The van der Waals surface area contributed by atoms with Gasteiger partial charge in [0, 0.05) is 37.7 Å². The van der Waals surface area contributed by atoms with Crippen LogP contribution < -0.4 is 15.2 Å². The summed E-state index contributed by atoms with van der Waals surface area (Å²) in [6, 6.07) is 22.1. The van der Waals surface area contributed by atoms with Crippen LogP contribution in [0.15, 0.2) is 83.8 Å². The molecule has 2 N–H and O–H groups in total. The van der Waals surface area contributed by atoms with Gasteiger partial charge in [0.15, 0.2) is 0 Å². The van der Waals surface area contributed by atoms with Gasteiger partial charge in [0.05, 0.1) is 25.1 Å². The molecule has 1 saturated heterocycles. The fourth-order valence-corrected chi connectivity index (χ4v) is 4.68. The van der Waals surface area contributed by atoms with Crippen molar-refractivity contribution < 1.29 is 14.9 Å². The molecule has 0 saturated carbocycles. The van der Waals surface area contributed by atoms with Gasteiger partial charge in [-0.3, -0.25) is 9.69 Å². The third-order valence-electron chi connectivity index (χ3n) is 6.63. The molecule has 9 heteroatoms. The van der Waals surface area contributed by atoms with Crippen LogP contribution in [0, 0.1) is 0 Å². The number of halogens is 1. The van der Waals surface area contributed by atoms with E-state index in [1.807, 2.05) is 48.5 Å². The van der Waals surface area contributed by atoms with E-state index in [9.17, 15) is 15.0 Å². The Labute approximate surface area is 225 Å². The summed E-state index contributed by atoms with van der Waals surface area (Å²) in [5.41, 5.74) is 3.64. The van der Waals surface area contributed by atoms with Crippen LogP contribution in [-0.2, 0) is 6.61 Å². The fraction of sp³-hybridized carbons (Fsp3) is 0.241. The monoisotopic (exact) mass is 532 g/mol. The van der Waals surface area contributed by atoms with Crippen molar-refractivity contribution in [2.45, 2.75) is 6.61 Å². The van der Waals surface area contributed by atoms with Crippen LogP contribution in [0.25, 0.3) is 16.8 Å². The molecule has 1 aromatic heterocycles. The van der Waals surface area contributed by atoms with Crippen LogP contribution >= 0.6 is 11.6 Å². The Kier molecular flexibility index (Phi) is 8.05. The number of aliphatic hydroxyl groups excluding tert-OH is 2. The van der Waals surface area contributed by atoms with Crippen LogP contribution in [0.2, 0.25) is 5.02 Å². The molecule has 1 aliphatic heterocycles. The second-order valence-electron chi connectivity index (χ2n) is 9.09. The number of nitrogens with zero attached hydrogens (tertiary/aromatic N) is 4. The minimum atomic E-state index is -0.373. The predicted molar refractivity (Wildman–Crippen MR) is 148 cm³/mol. The highest BCUT2D eigenvalue weighted by Gasteiger charge is 2.24. The minimum Gasteiger partial charge on any atom is -0.449 e. The Morgan fingerprint density at radius 3 is 2.32 bits per heavy atom. The zero-order chi connectivity index (χ0) is 26.5. The largest absolute Gasteiger partial charge is 0.449 e. The fourth-order valence-electron chi connectivity index (χ4n) is 4.55. The third kappa shape index (κ3) is 5.74. The Balaban J connectivity index is 1.47. The maximum Gasteiger partial charge on any atom is 0.316 e. The van der Waals surface area contributed by atoms with Crippen molar-refractivity contribution in [2.24, 2.45) is 0 Å². The average Bonchev–Trinajstić information content (AvgIpc) is 2.96. The van der Waals surface area contributed by atoms with Crippen LogP contribution in [0.3, 0.4) is 0 Å². The lowest BCUT2D eigenvalue weighted by Crippen LogP contribution is -2.47. The molecule has 38 heavy (non-hydrogen) atoms. The summed E-state index contributed by atoms with van der Waals surface area (Å²) >= 11 is 6.04. The summed E-state index contributed by atoms with van der Waals surface area (Å²) in [4.78, 5) is 18.0.